The van der Waals surface area contributed by atoms with Gasteiger partial charge in [0, 0.05) is 28.7 Å². The molecule has 25 heavy (non-hydrogen) atoms. The SMILES string of the molecule is CC(=O)N1CCc2cc(Br)cc(NC(=S)Nc3ccc(Cl)cc3C)c21. The van der Waals surface area contributed by atoms with Crippen LogP contribution in [0.3, 0.4) is 0 Å². The van der Waals surface area contributed by atoms with E-state index in [9.17, 15) is 4.79 Å². The summed E-state index contributed by atoms with van der Waals surface area (Å²) in [5.41, 5.74) is 4.71. The van der Waals surface area contributed by atoms with Crippen LogP contribution in [0, 0.1) is 6.92 Å². The number of halogens is 2. The normalized spacial score (nSPS) is 12.7. The van der Waals surface area contributed by atoms with Crippen molar-refractivity contribution >= 4 is 67.8 Å². The molecule has 4 nitrogen and oxygen atoms in total. The molecule has 0 aromatic heterocycles. The molecule has 2 aromatic carbocycles. The zero-order valence-electron chi connectivity index (χ0n) is 13.8. The number of carbonyl (C=O) groups is 1. The van der Waals surface area contributed by atoms with Crippen molar-refractivity contribution in [1.82, 2.24) is 0 Å². The highest BCUT2D eigenvalue weighted by molar-refractivity contribution is 9.10. The molecule has 0 spiro atoms. The minimum atomic E-state index is 0.0246. The van der Waals surface area contributed by atoms with Crippen molar-refractivity contribution in [3.63, 3.8) is 0 Å². The Bertz CT molecular complexity index is 872. The Morgan fingerprint density at radius 3 is 2.64 bits per heavy atom. The van der Waals surface area contributed by atoms with Crippen LogP contribution in [-0.4, -0.2) is 17.6 Å². The average molecular weight is 439 g/mol. The molecule has 0 bridgehead atoms. The van der Waals surface area contributed by atoms with Gasteiger partial charge >= 0.3 is 0 Å². The predicted octanol–water partition coefficient (Wildman–Crippen LogP) is 5.13. The fourth-order valence-corrected chi connectivity index (χ4v) is 3.91. The number of amides is 1. The molecule has 130 valence electrons. The highest BCUT2D eigenvalue weighted by Gasteiger charge is 2.26. The maximum Gasteiger partial charge on any atom is 0.223 e. The summed E-state index contributed by atoms with van der Waals surface area (Å²) in [6.45, 7) is 4.23. The number of hydrogen-bond donors (Lipinski definition) is 2. The van der Waals surface area contributed by atoms with E-state index in [0.717, 1.165) is 39.1 Å². The smallest absolute Gasteiger partial charge is 0.223 e. The van der Waals surface area contributed by atoms with Crippen LogP contribution in [0.4, 0.5) is 17.1 Å². The Balaban J connectivity index is 1.85. The van der Waals surface area contributed by atoms with Gasteiger partial charge in [0.05, 0.1) is 11.4 Å². The number of hydrogen-bond acceptors (Lipinski definition) is 2. The molecule has 0 saturated carbocycles. The second kappa shape index (κ2) is 7.32. The first-order chi connectivity index (χ1) is 11.8. The first-order valence-corrected chi connectivity index (χ1v) is 9.38. The molecule has 0 saturated heterocycles. The molecule has 2 N–H and O–H groups in total. The van der Waals surface area contributed by atoms with Crippen LogP contribution in [0.2, 0.25) is 5.02 Å². The molecule has 2 aromatic rings. The summed E-state index contributed by atoms with van der Waals surface area (Å²) in [4.78, 5) is 13.7. The zero-order valence-corrected chi connectivity index (χ0v) is 17.0. The lowest BCUT2D eigenvalue weighted by Crippen LogP contribution is -2.28. The molecule has 0 fully saturated rings. The number of carbonyl (C=O) groups excluding carboxylic acids is 1. The molecule has 1 heterocycles. The molecule has 3 rings (SSSR count). The fourth-order valence-electron chi connectivity index (χ4n) is 2.96. The maximum absolute atomic E-state index is 11.9. The molecule has 1 aliphatic heterocycles. The Hall–Kier alpha value is -1.63. The van der Waals surface area contributed by atoms with Crippen molar-refractivity contribution in [3.05, 3.63) is 51.0 Å². The average Bonchev–Trinajstić information content (AvgIpc) is 2.94. The molecular weight excluding hydrogens is 422 g/mol. The highest BCUT2D eigenvalue weighted by Crippen LogP contribution is 2.38. The third kappa shape index (κ3) is 3.97. The minimum Gasteiger partial charge on any atom is -0.332 e. The lowest BCUT2D eigenvalue weighted by molar-refractivity contribution is -0.116. The van der Waals surface area contributed by atoms with Crippen LogP contribution >= 0.6 is 39.7 Å². The van der Waals surface area contributed by atoms with E-state index in [2.05, 4.69) is 26.6 Å². The second-order valence-electron chi connectivity index (χ2n) is 5.92. The fraction of sp³-hybridized carbons (Fsp3) is 0.222. The van der Waals surface area contributed by atoms with Gasteiger partial charge in [0.2, 0.25) is 5.91 Å². The van der Waals surface area contributed by atoms with Crippen molar-refractivity contribution in [3.8, 4) is 0 Å². The summed E-state index contributed by atoms with van der Waals surface area (Å²) >= 11 is 15.0. The van der Waals surface area contributed by atoms with Gasteiger partial charge in [-0.25, -0.2) is 0 Å². The van der Waals surface area contributed by atoms with E-state index in [1.165, 1.54) is 0 Å². The second-order valence-corrected chi connectivity index (χ2v) is 7.68. The maximum atomic E-state index is 11.9. The number of aryl methyl sites for hydroxylation is 1. The van der Waals surface area contributed by atoms with Gasteiger partial charge in [0.15, 0.2) is 5.11 Å². The van der Waals surface area contributed by atoms with Crippen LogP contribution < -0.4 is 15.5 Å². The monoisotopic (exact) mass is 437 g/mol. The quantitative estimate of drug-likeness (QED) is 0.638. The predicted molar refractivity (Wildman–Crippen MR) is 112 cm³/mol. The number of anilines is 3. The van der Waals surface area contributed by atoms with Crippen LogP contribution in [0.25, 0.3) is 0 Å². The van der Waals surface area contributed by atoms with E-state index in [0.29, 0.717) is 16.7 Å². The molecular formula is C18H17BrClN3OS. The van der Waals surface area contributed by atoms with Gasteiger partial charge < -0.3 is 15.5 Å². The van der Waals surface area contributed by atoms with Crippen molar-refractivity contribution in [1.29, 1.82) is 0 Å². The van der Waals surface area contributed by atoms with Crippen molar-refractivity contribution in [2.75, 3.05) is 22.1 Å². The van der Waals surface area contributed by atoms with Crippen LogP contribution in [0.5, 0.6) is 0 Å². The molecule has 0 aliphatic carbocycles. The van der Waals surface area contributed by atoms with E-state index in [1.54, 1.807) is 11.8 Å². The van der Waals surface area contributed by atoms with Gasteiger partial charge in [0.1, 0.15) is 0 Å². The van der Waals surface area contributed by atoms with E-state index in [-0.39, 0.29) is 5.91 Å². The summed E-state index contributed by atoms with van der Waals surface area (Å²) in [6, 6.07) is 9.56. The Morgan fingerprint density at radius 2 is 1.96 bits per heavy atom. The topological polar surface area (TPSA) is 44.4 Å². The summed E-state index contributed by atoms with van der Waals surface area (Å²) in [5.74, 6) is 0.0246. The van der Waals surface area contributed by atoms with Gasteiger partial charge in [-0.2, -0.15) is 0 Å². The summed E-state index contributed by atoms with van der Waals surface area (Å²) < 4.78 is 0.949. The molecule has 1 aliphatic rings. The number of benzene rings is 2. The Labute approximate surface area is 165 Å². The van der Waals surface area contributed by atoms with Gasteiger partial charge in [-0.1, -0.05) is 27.5 Å². The van der Waals surface area contributed by atoms with Crippen molar-refractivity contribution in [2.24, 2.45) is 0 Å². The summed E-state index contributed by atoms with van der Waals surface area (Å²) in [7, 11) is 0. The number of rotatable bonds is 2. The first kappa shape index (κ1) is 18.2. The third-order valence-electron chi connectivity index (χ3n) is 4.09. The van der Waals surface area contributed by atoms with Crippen LogP contribution in [0.15, 0.2) is 34.8 Å². The van der Waals surface area contributed by atoms with Crippen molar-refractivity contribution < 1.29 is 4.79 Å². The van der Waals surface area contributed by atoms with E-state index in [1.807, 2.05) is 37.3 Å². The summed E-state index contributed by atoms with van der Waals surface area (Å²) in [6.07, 6.45) is 0.833. The van der Waals surface area contributed by atoms with Gasteiger partial charge in [-0.15, -0.1) is 0 Å². The lowest BCUT2D eigenvalue weighted by atomic mass is 10.1. The van der Waals surface area contributed by atoms with E-state index < -0.39 is 0 Å². The largest absolute Gasteiger partial charge is 0.332 e. The van der Waals surface area contributed by atoms with E-state index >= 15 is 0 Å². The number of nitrogens with zero attached hydrogens (tertiary/aromatic N) is 1. The molecule has 1 amide bonds. The molecule has 0 atom stereocenters. The molecule has 7 heteroatoms. The van der Waals surface area contributed by atoms with Gasteiger partial charge in [0.25, 0.3) is 0 Å². The number of fused-ring (bicyclic) bond motifs is 1. The van der Waals surface area contributed by atoms with Crippen molar-refractivity contribution in [2.45, 2.75) is 20.3 Å². The van der Waals surface area contributed by atoms with Gasteiger partial charge in [-0.05, 0) is 67.0 Å². The summed E-state index contributed by atoms with van der Waals surface area (Å²) in [5, 5.41) is 7.55. The minimum absolute atomic E-state index is 0.0246. The first-order valence-electron chi connectivity index (χ1n) is 7.80. The molecule has 0 unspecified atom stereocenters. The standard InChI is InChI=1S/C18H17BrClN3OS/c1-10-7-14(20)3-4-15(10)21-18(25)22-16-9-13(19)8-12-5-6-23(11(2)24)17(12)16/h3-4,7-9H,5-6H2,1-2H3,(H2,21,22,25). The highest BCUT2D eigenvalue weighted by atomic mass is 79.9. The zero-order chi connectivity index (χ0) is 18.1. The number of thiocarbonyl (C=S) groups is 1. The third-order valence-corrected chi connectivity index (χ3v) is 4.99. The van der Waals surface area contributed by atoms with Gasteiger partial charge in [-0.3, -0.25) is 4.79 Å². The van der Waals surface area contributed by atoms with E-state index in [4.69, 9.17) is 23.8 Å². The van der Waals surface area contributed by atoms with Crippen LogP contribution in [-0.2, 0) is 11.2 Å². The number of nitrogens with one attached hydrogen (secondary N) is 2. The van der Waals surface area contributed by atoms with Crippen LogP contribution in [0.1, 0.15) is 18.1 Å². The molecule has 0 radical (unpaired) electrons. The lowest BCUT2D eigenvalue weighted by Gasteiger charge is -2.21. The Kier molecular flexibility index (Phi) is 5.32. The Morgan fingerprint density at radius 1 is 1.24 bits per heavy atom.